The number of hydrogen-bond acceptors (Lipinski definition) is 4. The lowest BCUT2D eigenvalue weighted by Crippen LogP contribution is -2.17. The lowest BCUT2D eigenvalue weighted by atomic mass is 10.0. The summed E-state index contributed by atoms with van der Waals surface area (Å²) < 4.78 is 7.19. The van der Waals surface area contributed by atoms with Crippen LogP contribution in [0.2, 0.25) is 0 Å². The molecule has 1 saturated carbocycles. The van der Waals surface area contributed by atoms with Gasteiger partial charge in [0.2, 0.25) is 0 Å². The molecule has 0 spiro atoms. The van der Waals surface area contributed by atoms with Crippen molar-refractivity contribution in [2.45, 2.75) is 51.5 Å². The summed E-state index contributed by atoms with van der Waals surface area (Å²) in [5.41, 5.74) is 2.07. The quantitative estimate of drug-likeness (QED) is 0.789. The average molecular weight is 262 g/mol. The van der Waals surface area contributed by atoms with E-state index in [9.17, 15) is 0 Å². The Bertz CT molecular complexity index is 443. The fourth-order valence-electron chi connectivity index (χ4n) is 2.97. The minimum atomic E-state index is 0.366. The van der Waals surface area contributed by atoms with Gasteiger partial charge in [-0.3, -0.25) is 0 Å². The average Bonchev–Trinajstić information content (AvgIpc) is 2.99. The molecule has 0 radical (unpaired) electrons. The number of rotatable bonds is 6. The lowest BCUT2D eigenvalue weighted by molar-refractivity contribution is 0.148. The summed E-state index contributed by atoms with van der Waals surface area (Å²) in [5.74, 6) is 0.940. The fourth-order valence-corrected chi connectivity index (χ4v) is 2.97. The van der Waals surface area contributed by atoms with Crippen LogP contribution in [0.15, 0.2) is 0 Å². The first-order valence-electron chi connectivity index (χ1n) is 7.04. The molecule has 0 aliphatic heterocycles. The van der Waals surface area contributed by atoms with Gasteiger partial charge in [0.05, 0.1) is 24.8 Å². The molecule has 5 heteroatoms. The third-order valence-corrected chi connectivity index (χ3v) is 3.77. The van der Waals surface area contributed by atoms with Crippen LogP contribution in [-0.4, -0.2) is 28.7 Å². The van der Waals surface area contributed by atoms with Gasteiger partial charge in [-0.15, -0.1) is 5.10 Å². The van der Waals surface area contributed by atoms with Gasteiger partial charge in [0.1, 0.15) is 5.69 Å². The van der Waals surface area contributed by atoms with Crippen LogP contribution in [0.4, 0.5) is 0 Å². The van der Waals surface area contributed by atoms with E-state index in [1.165, 1.54) is 31.4 Å². The largest absolute Gasteiger partial charge is 0.384 e. The van der Waals surface area contributed by atoms with E-state index in [0.29, 0.717) is 18.3 Å². The number of aromatic nitrogens is 3. The molecule has 1 heterocycles. The summed E-state index contributed by atoms with van der Waals surface area (Å²) in [7, 11) is 1.72. The number of ether oxygens (including phenoxy) is 1. The zero-order valence-corrected chi connectivity index (χ0v) is 11.8. The summed E-state index contributed by atoms with van der Waals surface area (Å²) in [6.07, 6.45) is 5.31. The van der Waals surface area contributed by atoms with Crippen LogP contribution in [0.5, 0.6) is 0 Å². The molecule has 1 atom stereocenters. The summed E-state index contributed by atoms with van der Waals surface area (Å²) in [6.45, 7) is 3.68. The van der Waals surface area contributed by atoms with E-state index in [4.69, 9.17) is 10.00 Å². The minimum Gasteiger partial charge on any atom is -0.384 e. The second-order valence-corrected chi connectivity index (χ2v) is 5.48. The number of methoxy groups -OCH3 is 1. The van der Waals surface area contributed by atoms with Crippen molar-refractivity contribution in [2.75, 3.05) is 13.7 Å². The molecule has 104 valence electrons. The summed E-state index contributed by atoms with van der Waals surface area (Å²) >= 11 is 0. The third-order valence-electron chi connectivity index (χ3n) is 3.77. The van der Waals surface area contributed by atoms with Crippen molar-refractivity contribution in [2.24, 2.45) is 5.92 Å². The van der Waals surface area contributed by atoms with Crippen molar-refractivity contribution in [3.8, 4) is 6.07 Å². The topological polar surface area (TPSA) is 63.7 Å². The van der Waals surface area contributed by atoms with Gasteiger partial charge in [0, 0.05) is 19.6 Å². The molecule has 0 N–H and O–H groups in total. The highest BCUT2D eigenvalue weighted by atomic mass is 16.5. The van der Waals surface area contributed by atoms with E-state index >= 15 is 0 Å². The Kier molecular flexibility index (Phi) is 4.92. The first-order valence-corrected chi connectivity index (χ1v) is 7.04. The van der Waals surface area contributed by atoms with Crippen LogP contribution < -0.4 is 0 Å². The van der Waals surface area contributed by atoms with Crippen molar-refractivity contribution in [3.05, 3.63) is 11.4 Å². The highest BCUT2D eigenvalue weighted by molar-refractivity contribution is 5.20. The molecule has 0 amide bonds. The monoisotopic (exact) mass is 262 g/mol. The van der Waals surface area contributed by atoms with Crippen LogP contribution in [0.3, 0.4) is 0 Å². The molecule has 1 aliphatic carbocycles. The van der Waals surface area contributed by atoms with E-state index in [1.54, 1.807) is 7.11 Å². The Labute approximate surface area is 114 Å². The molecule has 19 heavy (non-hydrogen) atoms. The van der Waals surface area contributed by atoms with E-state index in [-0.39, 0.29) is 0 Å². The first-order chi connectivity index (χ1) is 9.26. The van der Waals surface area contributed by atoms with Crippen LogP contribution in [0.25, 0.3) is 0 Å². The SMILES string of the molecule is COCC(C)Cn1nnc(CC#N)c1C1CCCC1. The van der Waals surface area contributed by atoms with E-state index in [0.717, 1.165) is 18.8 Å². The molecule has 0 aromatic carbocycles. The summed E-state index contributed by atoms with van der Waals surface area (Å²) in [6, 6.07) is 2.20. The normalized spacial score (nSPS) is 17.5. The molecule has 1 unspecified atom stereocenters. The van der Waals surface area contributed by atoms with Gasteiger partial charge in [0.15, 0.2) is 0 Å². The highest BCUT2D eigenvalue weighted by Gasteiger charge is 2.25. The highest BCUT2D eigenvalue weighted by Crippen LogP contribution is 2.35. The number of nitriles is 1. The second-order valence-electron chi connectivity index (χ2n) is 5.48. The predicted molar refractivity (Wildman–Crippen MR) is 71.6 cm³/mol. The molecule has 0 saturated heterocycles. The maximum absolute atomic E-state index is 8.92. The van der Waals surface area contributed by atoms with Gasteiger partial charge in [0.25, 0.3) is 0 Å². The molecule has 2 rings (SSSR count). The molecule has 1 aliphatic rings. The lowest BCUT2D eigenvalue weighted by Gasteiger charge is -2.16. The van der Waals surface area contributed by atoms with Gasteiger partial charge in [-0.25, -0.2) is 4.68 Å². The predicted octanol–water partition coefficient (Wildman–Crippen LogP) is 2.28. The molecule has 1 fully saturated rings. The van der Waals surface area contributed by atoms with Crippen molar-refractivity contribution in [1.29, 1.82) is 5.26 Å². The Balaban J connectivity index is 2.19. The standard InChI is InChI=1S/C14H22N4O/c1-11(10-19-2)9-18-14(12-5-3-4-6-12)13(7-8-15)16-17-18/h11-12H,3-7,9-10H2,1-2H3. The molecule has 5 nitrogen and oxygen atoms in total. The fraction of sp³-hybridized carbons (Fsp3) is 0.786. The van der Waals surface area contributed by atoms with E-state index in [2.05, 4.69) is 23.3 Å². The summed E-state index contributed by atoms with van der Waals surface area (Å²) in [4.78, 5) is 0. The van der Waals surface area contributed by atoms with Gasteiger partial charge in [-0.1, -0.05) is 25.0 Å². The summed E-state index contributed by atoms with van der Waals surface area (Å²) in [5, 5.41) is 17.4. The molecule has 1 aromatic rings. The van der Waals surface area contributed by atoms with Crippen molar-refractivity contribution in [3.63, 3.8) is 0 Å². The van der Waals surface area contributed by atoms with Crippen molar-refractivity contribution >= 4 is 0 Å². The van der Waals surface area contributed by atoms with E-state index < -0.39 is 0 Å². The zero-order valence-electron chi connectivity index (χ0n) is 11.8. The van der Waals surface area contributed by atoms with Crippen LogP contribution >= 0.6 is 0 Å². The van der Waals surface area contributed by atoms with Crippen molar-refractivity contribution in [1.82, 2.24) is 15.0 Å². The number of hydrogen-bond donors (Lipinski definition) is 0. The Morgan fingerprint density at radius 2 is 2.21 bits per heavy atom. The van der Waals surface area contributed by atoms with Crippen LogP contribution in [0, 0.1) is 17.2 Å². The maximum atomic E-state index is 8.92. The second kappa shape index (κ2) is 6.67. The third kappa shape index (κ3) is 3.32. The molecule has 0 bridgehead atoms. The van der Waals surface area contributed by atoms with Gasteiger partial charge in [-0.05, 0) is 18.8 Å². The Morgan fingerprint density at radius 3 is 2.84 bits per heavy atom. The first kappa shape index (κ1) is 14.0. The molecular weight excluding hydrogens is 240 g/mol. The minimum absolute atomic E-state index is 0.366. The molecular formula is C14H22N4O. The van der Waals surface area contributed by atoms with E-state index in [1.807, 2.05) is 4.68 Å². The van der Waals surface area contributed by atoms with Crippen LogP contribution in [0.1, 0.15) is 49.9 Å². The Hall–Kier alpha value is -1.41. The van der Waals surface area contributed by atoms with Crippen molar-refractivity contribution < 1.29 is 4.74 Å². The smallest absolute Gasteiger partial charge is 0.100 e. The van der Waals surface area contributed by atoms with Gasteiger partial charge >= 0.3 is 0 Å². The maximum Gasteiger partial charge on any atom is 0.100 e. The number of nitrogens with zero attached hydrogens (tertiary/aromatic N) is 4. The van der Waals surface area contributed by atoms with Gasteiger partial charge < -0.3 is 4.74 Å². The Morgan fingerprint density at radius 1 is 1.47 bits per heavy atom. The van der Waals surface area contributed by atoms with Gasteiger partial charge in [-0.2, -0.15) is 5.26 Å². The molecule has 1 aromatic heterocycles. The zero-order chi connectivity index (χ0) is 13.7. The van der Waals surface area contributed by atoms with Crippen LogP contribution in [-0.2, 0) is 17.7 Å².